The molecule has 1 saturated heterocycles. The number of halogens is 2. The monoisotopic (exact) mass is 457 g/mol. The van der Waals surface area contributed by atoms with Gasteiger partial charge < -0.3 is 15.0 Å². The number of nitrogens with zero attached hydrogens (tertiary/aromatic N) is 5. The van der Waals surface area contributed by atoms with Crippen LogP contribution in [0, 0.1) is 0 Å². The molecule has 2 heterocycles. The topological polar surface area (TPSA) is 87.6 Å². The molecule has 3 aromatic rings. The molecule has 4 rings (SSSR count). The molecule has 10 heteroatoms. The number of benzene rings is 2. The summed E-state index contributed by atoms with van der Waals surface area (Å²) in [6, 6.07) is 15.2. The van der Waals surface area contributed by atoms with Gasteiger partial charge in [0, 0.05) is 30.2 Å². The lowest BCUT2D eigenvalue weighted by Crippen LogP contribution is -2.37. The Morgan fingerprint density at radius 1 is 1.00 bits per heavy atom. The number of hydrogen-bond donors (Lipinski definition) is 2. The lowest BCUT2D eigenvalue weighted by molar-refractivity contribution is 0.122. The number of ether oxygens (including phenoxy) is 1. The Kier molecular flexibility index (Phi) is 7.14. The van der Waals surface area contributed by atoms with Gasteiger partial charge in [-0.05, 0) is 17.7 Å². The van der Waals surface area contributed by atoms with Crippen molar-refractivity contribution in [3.05, 3.63) is 69.7 Å². The molecule has 0 aliphatic carbocycles. The van der Waals surface area contributed by atoms with Gasteiger partial charge in [-0.2, -0.15) is 20.1 Å². The maximum Gasteiger partial charge on any atom is 0.250 e. The van der Waals surface area contributed by atoms with Crippen LogP contribution in [0.3, 0.4) is 0 Å². The molecule has 0 amide bonds. The Balaban J connectivity index is 1.52. The van der Waals surface area contributed by atoms with Crippen LogP contribution in [0.1, 0.15) is 11.1 Å². The van der Waals surface area contributed by atoms with Crippen LogP contribution in [0.2, 0.25) is 10.0 Å². The molecular weight excluding hydrogens is 437 g/mol. The second-order valence-electron chi connectivity index (χ2n) is 6.76. The number of hydrogen-bond acceptors (Lipinski definition) is 8. The van der Waals surface area contributed by atoms with Gasteiger partial charge in [-0.25, -0.2) is 5.43 Å². The van der Waals surface area contributed by atoms with Gasteiger partial charge in [0.25, 0.3) is 0 Å². The van der Waals surface area contributed by atoms with Crippen molar-refractivity contribution in [2.24, 2.45) is 5.10 Å². The Morgan fingerprint density at radius 3 is 2.55 bits per heavy atom. The summed E-state index contributed by atoms with van der Waals surface area (Å²) >= 11 is 12.1. The maximum atomic E-state index is 6.19. The van der Waals surface area contributed by atoms with E-state index in [-0.39, 0.29) is 0 Å². The number of anilines is 3. The van der Waals surface area contributed by atoms with Crippen LogP contribution in [-0.4, -0.2) is 47.5 Å². The zero-order chi connectivity index (χ0) is 21.5. The summed E-state index contributed by atoms with van der Waals surface area (Å²) in [5.74, 6) is 1.35. The molecule has 1 aliphatic heterocycles. The number of aromatic nitrogens is 3. The Bertz CT molecular complexity index is 1040. The maximum absolute atomic E-state index is 6.19. The van der Waals surface area contributed by atoms with E-state index in [9.17, 15) is 0 Å². The van der Waals surface area contributed by atoms with Gasteiger partial charge in [0.1, 0.15) is 0 Å². The molecule has 0 bridgehead atoms. The normalized spacial score (nSPS) is 14.1. The third-order valence-corrected chi connectivity index (χ3v) is 5.10. The minimum Gasteiger partial charge on any atom is -0.378 e. The molecule has 8 nitrogen and oxygen atoms in total. The molecule has 31 heavy (non-hydrogen) atoms. The molecule has 1 aromatic heterocycles. The van der Waals surface area contributed by atoms with Crippen LogP contribution in [0.15, 0.2) is 53.6 Å². The highest BCUT2D eigenvalue weighted by molar-refractivity contribution is 6.36. The largest absolute Gasteiger partial charge is 0.378 e. The summed E-state index contributed by atoms with van der Waals surface area (Å²) in [6.45, 7) is 3.29. The third kappa shape index (κ3) is 6.04. The highest BCUT2D eigenvalue weighted by atomic mass is 35.5. The lowest BCUT2D eigenvalue weighted by atomic mass is 10.2. The molecule has 2 aromatic carbocycles. The lowest BCUT2D eigenvalue weighted by Gasteiger charge is -2.27. The molecule has 2 N–H and O–H groups in total. The quantitative estimate of drug-likeness (QED) is 0.408. The fourth-order valence-electron chi connectivity index (χ4n) is 2.94. The van der Waals surface area contributed by atoms with Crippen LogP contribution in [0.4, 0.5) is 17.8 Å². The van der Waals surface area contributed by atoms with Crippen molar-refractivity contribution in [1.82, 2.24) is 15.0 Å². The molecule has 1 aliphatic rings. The number of rotatable bonds is 7. The van der Waals surface area contributed by atoms with E-state index in [2.05, 4.69) is 35.7 Å². The van der Waals surface area contributed by atoms with Crippen molar-refractivity contribution in [1.29, 1.82) is 0 Å². The van der Waals surface area contributed by atoms with Crippen LogP contribution in [0.25, 0.3) is 0 Å². The van der Waals surface area contributed by atoms with E-state index in [1.165, 1.54) is 0 Å². The van der Waals surface area contributed by atoms with Crippen molar-refractivity contribution in [3.63, 3.8) is 0 Å². The summed E-state index contributed by atoms with van der Waals surface area (Å²) in [7, 11) is 0. The van der Waals surface area contributed by atoms with Crippen LogP contribution in [0.5, 0.6) is 0 Å². The standard InChI is InChI=1S/C21H21Cl2N7O/c22-17-7-6-16(18(23)12-17)14-25-29-20-26-19(24-13-15-4-2-1-3-5-15)27-21(28-20)30-8-10-31-11-9-30/h1-7,12,14H,8-11,13H2,(H2,24,26,27,28,29)/b25-14+. The first-order valence-corrected chi connectivity index (χ1v) is 10.5. The minimum atomic E-state index is 0.327. The molecule has 0 atom stereocenters. The number of morpholine rings is 1. The average Bonchev–Trinajstić information content (AvgIpc) is 2.80. The zero-order valence-electron chi connectivity index (χ0n) is 16.6. The third-order valence-electron chi connectivity index (χ3n) is 4.54. The molecule has 0 radical (unpaired) electrons. The van der Waals surface area contributed by atoms with Crippen molar-refractivity contribution >= 4 is 47.3 Å². The highest BCUT2D eigenvalue weighted by Crippen LogP contribution is 2.20. The number of nitrogens with one attached hydrogen (secondary N) is 2. The Labute approximate surface area is 190 Å². The summed E-state index contributed by atoms with van der Waals surface area (Å²) in [6.07, 6.45) is 1.59. The van der Waals surface area contributed by atoms with E-state index >= 15 is 0 Å². The highest BCUT2D eigenvalue weighted by Gasteiger charge is 2.16. The predicted octanol–water partition coefficient (Wildman–Crippen LogP) is 4.07. The summed E-state index contributed by atoms with van der Waals surface area (Å²) in [5, 5.41) is 8.55. The average molecular weight is 458 g/mol. The molecule has 0 spiro atoms. The smallest absolute Gasteiger partial charge is 0.250 e. The molecule has 160 valence electrons. The van der Waals surface area contributed by atoms with Crippen LogP contribution in [-0.2, 0) is 11.3 Å². The SMILES string of the molecule is Clc1ccc(/C=N/Nc2nc(NCc3ccccc3)nc(N3CCOCC3)n2)c(Cl)c1. The van der Waals surface area contributed by atoms with E-state index in [4.69, 9.17) is 27.9 Å². The van der Waals surface area contributed by atoms with Gasteiger partial charge in [0.05, 0.1) is 24.5 Å². The molecule has 0 unspecified atom stereocenters. The van der Waals surface area contributed by atoms with E-state index in [1.807, 2.05) is 30.3 Å². The first kappa shape index (κ1) is 21.3. The Morgan fingerprint density at radius 2 is 1.77 bits per heavy atom. The van der Waals surface area contributed by atoms with Crippen molar-refractivity contribution in [2.45, 2.75) is 6.54 Å². The minimum absolute atomic E-state index is 0.327. The second kappa shape index (κ2) is 10.4. The van der Waals surface area contributed by atoms with E-state index in [0.717, 1.165) is 11.1 Å². The molecule has 1 fully saturated rings. The zero-order valence-corrected chi connectivity index (χ0v) is 18.1. The van der Waals surface area contributed by atoms with Gasteiger partial charge in [-0.15, -0.1) is 0 Å². The van der Waals surface area contributed by atoms with Gasteiger partial charge in [0.15, 0.2) is 0 Å². The van der Waals surface area contributed by atoms with Crippen molar-refractivity contribution < 1.29 is 4.74 Å². The van der Waals surface area contributed by atoms with Gasteiger partial charge in [-0.3, -0.25) is 0 Å². The first-order valence-electron chi connectivity index (χ1n) is 9.78. The van der Waals surface area contributed by atoms with Crippen LogP contribution >= 0.6 is 23.2 Å². The van der Waals surface area contributed by atoms with E-state index < -0.39 is 0 Å². The first-order chi connectivity index (χ1) is 15.2. The fourth-order valence-corrected chi connectivity index (χ4v) is 3.40. The fraction of sp³-hybridized carbons (Fsp3) is 0.238. The molecule has 0 saturated carbocycles. The van der Waals surface area contributed by atoms with Crippen LogP contribution < -0.4 is 15.6 Å². The summed E-state index contributed by atoms with van der Waals surface area (Å²) < 4.78 is 5.43. The number of hydrazone groups is 1. The van der Waals surface area contributed by atoms with Gasteiger partial charge in [-0.1, -0.05) is 59.6 Å². The summed E-state index contributed by atoms with van der Waals surface area (Å²) in [4.78, 5) is 15.6. The Hall–Kier alpha value is -2.94. The van der Waals surface area contributed by atoms with Crippen molar-refractivity contribution in [3.8, 4) is 0 Å². The predicted molar refractivity (Wildman–Crippen MR) is 124 cm³/mol. The van der Waals surface area contributed by atoms with E-state index in [1.54, 1.807) is 24.4 Å². The van der Waals surface area contributed by atoms with Crippen molar-refractivity contribution in [2.75, 3.05) is 41.9 Å². The second-order valence-corrected chi connectivity index (χ2v) is 7.60. The summed E-state index contributed by atoms with van der Waals surface area (Å²) in [5.41, 5.74) is 4.72. The molecular formula is C21H21Cl2N7O. The van der Waals surface area contributed by atoms with Gasteiger partial charge >= 0.3 is 0 Å². The van der Waals surface area contributed by atoms with Gasteiger partial charge in [0.2, 0.25) is 17.8 Å². The van der Waals surface area contributed by atoms with E-state index in [0.29, 0.717) is 60.7 Å².